The highest BCUT2D eigenvalue weighted by molar-refractivity contribution is 7.88. The zero-order valence-electron chi connectivity index (χ0n) is 15.2. The molecular weight excluding hydrogens is 372 g/mol. The van der Waals surface area contributed by atoms with Crippen LogP contribution in [0.4, 0.5) is 0 Å². The first kappa shape index (κ1) is 19.6. The van der Waals surface area contributed by atoms with Crippen molar-refractivity contribution >= 4 is 27.5 Å². The van der Waals surface area contributed by atoms with Gasteiger partial charge in [-0.15, -0.1) is 0 Å². The van der Waals surface area contributed by atoms with E-state index >= 15 is 0 Å². The second kappa shape index (κ2) is 8.28. The second-order valence-corrected chi connectivity index (χ2v) is 9.99. The summed E-state index contributed by atoms with van der Waals surface area (Å²) in [4.78, 5) is 14.7. The molecule has 0 unspecified atom stereocenters. The number of carbonyl (C=O) groups excluding carboxylic acids is 1. The summed E-state index contributed by atoms with van der Waals surface area (Å²) in [5.41, 5.74) is 0.731. The molecule has 1 aromatic carbocycles. The predicted molar refractivity (Wildman–Crippen MR) is 103 cm³/mol. The maximum atomic E-state index is 12.7. The van der Waals surface area contributed by atoms with Gasteiger partial charge in [-0.2, -0.15) is 0 Å². The SMILES string of the molecule is C[C@H]1CCCN(C(=O)C2CCN(S(=O)(=O)Cc3ccc(Cl)cc3)CC2)C1. The maximum absolute atomic E-state index is 12.7. The van der Waals surface area contributed by atoms with Crippen molar-refractivity contribution in [2.75, 3.05) is 26.2 Å². The highest BCUT2D eigenvalue weighted by atomic mass is 35.5. The number of likely N-dealkylation sites (tertiary alicyclic amines) is 1. The molecule has 2 aliphatic heterocycles. The van der Waals surface area contributed by atoms with E-state index in [0.29, 0.717) is 36.9 Å². The van der Waals surface area contributed by atoms with Crippen molar-refractivity contribution < 1.29 is 13.2 Å². The summed E-state index contributed by atoms with van der Waals surface area (Å²) in [7, 11) is -3.37. The quantitative estimate of drug-likeness (QED) is 0.782. The van der Waals surface area contributed by atoms with E-state index in [-0.39, 0.29) is 17.6 Å². The number of benzene rings is 1. The smallest absolute Gasteiger partial charge is 0.225 e. The molecule has 2 saturated heterocycles. The molecule has 1 atom stereocenters. The van der Waals surface area contributed by atoms with E-state index in [1.807, 2.05) is 4.90 Å². The zero-order valence-corrected chi connectivity index (χ0v) is 16.8. The molecule has 3 rings (SSSR count). The Hall–Kier alpha value is -1.11. The van der Waals surface area contributed by atoms with Crippen LogP contribution in [0.3, 0.4) is 0 Å². The number of rotatable bonds is 4. The van der Waals surface area contributed by atoms with Gasteiger partial charge >= 0.3 is 0 Å². The maximum Gasteiger partial charge on any atom is 0.225 e. The molecule has 0 bridgehead atoms. The lowest BCUT2D eigenvalue weighted by Crippen LogP contribution is -2.47. The van der Waals surface area contributed by atoms with Crippen LogP contribution in [0.25, 0.3) is 0 Å². The van der Waals surface area contributed by atoms with Crippen LogP contribution in [0, 0.1) is 11.8 Å². The number of piperidine rings is 2. The Bertz CT molecular complexity index is 728. The molecule has 0 aromatic heterocycles. The van der Waals surface area contributed by atoms with Gasteiger partial charge in [0.05, 0.1) is 5.75 Å². The van der Waals surface area contributed by atoms with Gasteiger partial charge in [-0.05, 0) is 49.3 Å². The summed E-state index contributed by atoms with van der Waals surface area (Å²) in [6, 6.07) is 6.90. The van der Waals surface area contributed by atoms with Crippen molar-refractivity contribution in [3.63, 3.8) is 0 Å². The lowest BCUT2D eigenvalue weighted by Gasteiger charge is -2.36. The summed E-state index contributed by atoms with van der Waals surface area (Å²) in [6.45, 7) is 4.73. The average molecular weight is 399 g/mol. The van der Waals surface area contributed by atoms with Crippen LogP contribution in [-0.4, -0.2) is 49.7 Å². The second-order valence-electron chi connectivity index (χ2n) is 7.59. The normalized spacial score (nSPS) is 23.2. The molecular formula is C19H27ClN2O3S. The van der Waals surface area contributed by atoms with Crippen LogP contribution in [-0.2, 0) is 20.6 Å². The lowest BCUT2D eigenvalue weighted by atomic mass is 9.93. The Labute approximate surface area is 161 Å². The van der Waals surface area contributed by atoms with Crippen LogP contribution in [0.15, 0.2) is 24.3 Å². The van der Waals surface area contributed by atoms with Gasteiger partial charge in [-0.1, -0.05) is 30.7 Å². The molecule has 0 aliphatic carbocycles. The fraction of sp³-hybridized carbons (Fsp3) is 0.632. The van der Waals surface area contributed by atoms with Gasteiger partial charge < -0.3 is 4.90 Å². The summed E-state index contributed by atoms with van der Waals surface area (Å²) in [5, 5.41) is 0.595. The molecule has 26 heavy (non-hydrogen) atoms. The Kier molecular flexibility index (Phi) is 6.25. The monoisotopic (exact) mass is 398 g/mol. The third-order valence-electron chi connectivity index (χ3n) is 5.43. The van der Waals surface area contributed by atoms with Crippen molar-refractivity contribution in [2.45, 2.75) is 38.4 Å². The Morgan fingerprint density at radius 3 is 2.38 bits per heavy atom. The first-order valence-corrected chi connectivity index (χ1v) is 11.3. The summed E-state index contributed by atoms with van der Waals surface area (Å²) >= 11 is 5.85. The zero-order chi connectivity index (χ0) is 18.7. The van der Waals surface area contributed by atoms with Gasteiger partial charge in [0.15, 0.2) is 0 Å². The van der Waals surface area contributed by atoms with Crippen molar-refractivity contribution in [1.29, 1.82) is 0 Å². The van der Waals surface area contributed by atoms with Gasteiger partial charge in [0.2, 0.25) is 15.9 Å². The minimum absolute atomic E-state index is 0.0214. The van der Waals surface area contributed by atoms with Gasteiger partial charge in [-0.25, -0.2) is 12.7 Å². The van der Waals surface area contributed by atoms with E-state index in [2.05, 4.69) is 6.92 Å². The van der Waals surface area contributed by atoms with E-state index in [0.717, 1.165) is 25.1 Å². The molecule has 144 valence electrons. The first-order valence-electron chi connectivity index (χ1n) is 9.36. The minimum Gasteiger partial charge on any atom is -0.342 e. The topological polar surface area (TPSA) is 57.7 Å². The predicted octanol–water partition coefficient (Wildman–Crippen LogP) is 3.14. The fourth-order valence-corrected chi connectivity index (χ4v) is 5.60. The standard InChI is InChI=1S/C19H27ClN2O3S/c1-15-3-2-10-21(13-15)19(23)17-8-11-22(12-9-17)26(24,25)14-16-4-6-18(20)7-5-16/h4-7,15,17H,2-3,8-14H2,1H3/t15-/m0/s1. The van der Waals surface area contributed by atoms with E-state index in [1.54, 1.807) is 24.3 Å². The number of hydrogen-bond donors (Lipinski definition) is 0. The molecule has 1 aromatic rings. The molecule has 7 heteroatoms. The Morgan fingerprint density at radius 2 is 1.77 bits per heavy atom. The lowest BCUT2D eigenvalue weighted by molar-refractivity contribution is -0.138. The molecule has 0 spiro atoms. The molecule has 0 saturated carbocycles. The number of sulfonamides is 1. The largest absolute Gasteiger partial charge is 0.342 e. The van der Waals surface area contributed by atoms with Crippen molar-refractivity contribution in [3.8, 4) is 0 Å². The van der Waals surface area contributed by atoms with Crippen LogP contribution in [0.2, 0.25) is 5.02 Å². The van der Waals surface area contributed by atoms with Crippen LogP contribution in [0.1, 0.15) is 38.2 Å². The first-order chi connectivity index (χ1) is 12.3. The Balaban J connectivity index is 1.55. The fourth-order valence-electron chi connectivity index (χ4n) is 3.91. The van der Waals surface area contributed by atoms with Gasteiger partial charge in [0, 0.05) is 37.1 Å². The molecule has 5 nitrogen and oxygen atoms in total. The van der Waals surface area contributed by atoms with Crippen LogP contribution < -0.4 is 0 Å². The highest BCUT2D eigenvalue weighted by Crippen LogP contribution is 2.26. The molecule has 2 heterocycles. The van der Waals surface area contributed by atoms with Crippen molar-refractivity contribution in [1.82, 2.24) is 9.21 Å². The van der Waals surface area contributed by atoms with E-state index < -0.39 is 10.0 Å². The highest BCUT2D eigenvalue weighted by Gasteiger charge is 2.34. The number of hydrogen-bond acceptors (Lipinski definition) is 3. The van der Waals surface area contributed by atoms with E-state index in [9.17, 15) is 13.2 Å². The number of amides is 1. The molecule has 1 amide bonds. The van der Waals surface area contributed by atoms with Gasteiger partial charge in [0.25, 0.3) is 0 Å². The van der Waals surface area contributed by atoms with Crippen LogP contribution in [0.5, 0.6) is 0 Å². The number of nitrogens with zero attached hydrogens (tertiary/aromatic N) is 2. The third kappa shape index (κ3) is 4.78. The number of carbonyl (C=O) groups is 1. The molecule has 2 fully saturated rings. The van der Waals surface area contributed by atoms with E-state index in [4.69, 9.17) is 11.6 Å². The van der Waals surface area contributed by atoms with Crippen molar-refractivity contribution in [2.24, 2.45) is 11.8 Å². The van der Waals surface area contributed by atoms with Gasteiger partial charge in [0.1, 0.15) is 0 Å². The Morgan fingerprint density at radius 1 is 1.12 bits per heavy atom. The summed E-state index contributed by atoms with van der Waals surface area (Å²) in [5.74, 6) is 0.716. The van der Waals surface area contributed by atoms with Crippen molar-refractivity contribution in [3.05, 3.63) is 34.9 Å². The third-order valence-corrected chi connectivity index (χ3v) is 7.53. The van der Waals surface area contributed by atoms with Crippen LogP contribution >= 0.6 is 11.6 Å². The average Bonchev–Trinajstić information content (AvgIpc) is 2.63. The number of halogens is 1. The molecule has 0 N–H and O–H groups in total. The molecule has 2 aliphatic rings. The summed E-state index contributed by atoms with van der Waals surface area (Å²) in [6.07, 6.45) is 3.49. The minimum atomic E-state index is -3.37. The summed E-state index contributed by atoms with van der Waals surface area (Å²) < 4.78 is 26.8. The van der Waals surface area contributed by atoms with Gasteiger partial charge in [-0.3, -0.25) is 4.79 Å². The molecule has 0 radical (unpaired) electrons. The van der Waals surface area contributed by atoms with E-state index in [1.165, 1.54) is 10.7 Å².